The normalized spacial score (nSPS) is 17.1. The van der Waals surface area contributed by atoms with Crippen LogP contribution in [0.25, 0.3) is 0 Å². The predicted octanol–water partition coefficient (Wildman–Crippen LogP) is 3.59. The van der Waals surface area contributed by atoms with Crippen molar-refractivity contribution in [3.05, 3.63) is 35.4 Å². The number of benzene rings is 1. The Labute approximate surface area is 114 Å². The minimum atomic E-state index is -0.629. The lowest BCUT2D eigenvalue weighted by molar-refractivity contribution is -0.167. The molecule has 0 radical (unpaired) electrons. The van der Waals surface area contributed by atoms with Crippen LogP contribution in [0.4, 0.5) is 0 Å². The van der Waals surface area contributed by atoms with Gasteiger partial charge in [-0.1, -0.05) is 24.3 Å². The highest BCUT2D eigenvalue weighted by Crippen LogP contribution is 2.43. The van der Waals surface area contributed by atoms with E-state index in [4.69, 9.17) is 9.47 Å². The van der Waals surface area contributed by atoms with Gasteiger partial charge in [0.2, 0.25) is 0 Å². The minimum Gasteiger partial charge on any atom is -0.458 e. The molecule has 1 aliphatic rings. The van der Waals surface area contributed by atoms with Gasteiger partial charge in [-0.2, -0.15) is 0 Å². The SMILES string of the molecule is COC(C(=O)OC(C)(C)C)c1ccccc1C1CC1. The molecule has 0 amide bonds. The molecule has 19 heavy (non-hydrogen) atoms. The molecule has 1 saturated carbocycles. The van der Waals surface area contributed by atoms with Crippen LogP contribution in [0.3, 0.4) is 0 Å². The average molecular weight is 262 g/mol. The van der Waals surface area contributed by atoms with E-state index >= 15 is 0 Å². The summed E-state index contributed by atoms with van der Waals surface area (Å²) in [6, 6.07) is 8.01. The molecule has 0 aromatic heterocycles. The number of methoxy groups -OCH3 is 1. The van der Waals surface area contributed by atoms with Crippen molar-refractivity contribution in [2.75, 3.05) is 7.11 Å². The van der Waals surface area contributed by atoms with E-state index < -0.39 is 11.7 Å². The summed E-state index contributed by atoms with van der Waals surface area (Å²) in [4.78, 5) is 12.2. The first-order chi connectivity index (χ1) is 8.92. The third-order valence-electron chi connectivity index (χ3n) is 3.15. The van der Waals surface area contributed by atoms with E-state index in [2.05, 4.69) is 6.07 Å². The first-order valence-electron chi connectivity index (χ1n) is 6.77. The van der Waals surface area contributed by atoms with Crippen molar-refractivity contribution in [1.82, 2.24) is 0 Å². The van der Waals surface area contributed by atoms with Gasteiger partial charge in [0.15, 0.2) is 6.10 Å². The summed E-state index contributed by atoms with van der Waals surface area (Å²) in [5, 5.41) is 0. The van der Waals surface area contributed by atoms with Crippen LogP contribution >= 0.6 is 0 Å². The van der Waals surface area contributed by atoms with Crippen molar-refractivity contribution in [2.45, 2.75) is 51.2 Å². The molecule has 3 nitrogen and oxygen atoms in total. The van der Waals surface area contributed by atoms with Crippen LogP contribution in [-0.2, 0) is 14.3 Å². The van der Waals surface area contributed by atoms with Gasteiger partial charge in [-0.25, -0.2) is 4.79 Å². The molecule has 1 aliphatic carbocycles. The fourth-order valence-electron chi connectivity index (χ4n) is 2.22. The second-order valence-electron chi connectivity index (χ2n) is 6.05. The van der Waals surface area contributed by atoms with Crippen LogP contribution < -0.4 is 0 Å². The van der Waals surface area contributed by atoms with Crippen LogP contribution in [-0.4, -0.2) is 18.7 Å². The van der Waals surface area contributed by atoms with E-state index in [0.29, 0.717) is 5.92 Å². The van der Waals surface area contributed by atoms with Gasteiger partial charge in [0.05, 0.1) is 0 Å². The summed E-state index contributed by atoms with van der Waals surface area (Å²) in [5.41, 5.74) is 1.67. The fraction of sp³-hybridized carbons (Fsp3) is 0.562. The van der Waals surface area contributed by atoms with E-state index in [1.54, 1.807) is 7.11 Å². The van der Waals surface area contributed by atoms with Gasteiger partial charge in [0, 0.05) is 7.11 Å². The molecule has 0 bridgehead atoms. The lowest BCUT2D eigenvalue weighted by Crippen LogP contribution is -2.29. The van der Waals surface area contributed by atoms with Crippen LogP contribution in [0.5, 0.6) is 0 Å². The molecule has 104 valence electrons. The molecule has 3 heteroatoms. The van der Waals surface area contributed by atoms with Crippen LogP contribution in [0.1, 0.15) is 56.8 Å². The lowest BCUT2D eigenvalue weighted by atomic mass is 9.98. The summed E-state index contributed by atoms with van der Waals surface area (Å²) in [6.45, 7) is 5.60. The van der Waals surface area contributed by atoms with Gasteiger partial charge in [0.1, 0.15) is 5.60 Å². The molecule has 1 fully saturated rings. The highest BCUT2D eigenvalue weighted by atomic mass is 16.6. The fourth-order valence-corrected chi connectivity index (χ4v) is 2.22. The van der Waals surface area contributed by atoms with Crippen LogP contribution in [0, 0.1) is 0 Å². The molecular weight excluding hydrogens is 240 g/mol. The summed E-state index contributed by atoms with van der Waals surface area (Å²) < 4.78 is 10.8. The third-order valence-corrected chi connectivity index (χ3v) is 3.15. The van der Waals surface area contributed by atoms with Gasteiger partial charge in [-0.05, 0) is 50.7 Å². The van der Waals surface area contributed by atoms with Crippen molar-refractivity contribution < 1.29 is 14.3 Å². The molecule has 1 aromatic rings. The topological polar surface area (TPSA) is 35.5 Å². The third kappa shape index (κ3) is 3.57. The number of hydrogen-bond acceptors (Lipinski definition) is 3. The Kier molecular flexibility index (Phi) is 3.95. The molecule has 0 aliphatic heterocycles. The molecule has 1 atom stereocenters. The number of carbonyl (C=O) groups is 1. The Bertz CT molecular complexity index is 455. The number of carbonyl (C=O) groups excluding carboxylic acids is 1. The van der Waals surface area contributed by atoms with Crippen molar-refractivity contribution in [3.8, 4) is 0 Å². The lowest BCUT2D eigenvalue weighted by Gasteiger charge is -2.24. The van der Waals surface area contributed by atoms with Crippen LogP contribution in [0.15, 0.2) is 24.3 Å². The smallest absolute Gasteiger partial charge is 0.340 e. The zero-order valence-corrected chi connectivity index (χ0v) is 12.1. The van der Waals surface area contributed by atoms with E-state index in [1.165, 1.54) is 18.4 Å². The Balaban J connectivity index is 2.24. The number of hydrogen-bond donors (Lipinski definition) is 0. The molecule has 1 unspecified atom stereocenters. The molecule has 0 spiro atoms. The Hall–Kier alpha value is -1.35. The number of esters is 1. The zero-order chi connectivity index (χ0) is 14.0. The molecule has 0 heterocycles. The van der Waals surface area contributed by atoms with E-state index in [1.807, 2.05) is 39.0 Å². The van der Waals surface area contributed by atoms with Crippen LogP contribution in [0.2, 0.25) is 0 Å². The maximum absolute atomic E-state index is 12.2. The van der Waals surface area contributed by atoms with E-state index in [0.717, 1.165) is 5.56 Å². The van der Waals surface area contributed by atoms with Gasteiger partial charge < -0.3 is 9.47 Å². The van der Waals surface area contributed by atoms with Crippen molar-refractivity contribution in [2.24, 2.45) is 0 Å². The highest BCUT2D eigenvalue weighted by molar-refractivity contribution is 5.77. The Morgan fingerprint density at radius 2 is 1.89 bits per heavy atom. The Morgan fingerprint density at radius 1 is 1.26 bits per heavy atom. The standard InChI is InChI=1S/C16H22O3/c1-16(2,3)19-15(17)14(18-4)13-8-6-5-7-12(13)11-9-10-11/h5-8,11,14H,9-10H2,1-4H3. The average Bonchev–Trinajstić information content (AvgIpc) is 3.12. The van der Waals surface area contributed by atoms with E-state index in [-0.39, 0.29) is 5.97 Å². The van der Waals surface area contributed by atoms with Gasteiger partial charge in [-0.3, -0.25) is 0 Å². The second-order valence-corrected chi connectivity index (χ2v) is 6.05. The maximum atomic E-state index is 12.2. The summed E-state index contributed by atoms with van der Waals surface area (Å²) >= 11 is 0. The molecule has 2 rings (SSSR count). The largest absolute Gasteiger partial charge is 0.458 e. The summed E-state index contributed by atoms with van der Waals surface area (Å²) in [7, 11) is 1.55. The number of rotatable bonds is 4. The van der Waals surface area contributed by atoms with Crippen molar-refractivity contribution in [1.29, 1.82) is 0 Å². The minimum absolute atomic E-state index is 0.317. The van der Waals surface area contributed by atoms with Crippen molar-refractivity contribution in [3.63, 3.8) is 0 Å². The Morgan fingerprint density at radius 3 is 2.42 bits per heavy atom. The first-order valence-corrected chi connectivity index (χ1v) is 6.77. The number of ether oxygens (including phenoxy) is 2. The highest BCUT2D eigenvalue weighted by Gasteiger charge is 2.32. The monoisotopic (exact) mass is 262 g/mol. The van der Waals surface area contributed by atoms with E-state index in [9.17, 15) is 4.79 Å². The molecule has 1 aromatic carbocycles. The molecule has 0 N–H and O–H groups in total. The predicted molar refractivity (Wildman–Crippen MR) is 74.0 cm³/mol. The van der Waals surface area contributed by atoms with Gasteiger partial charge in [-0.15, -0.1) is 0 Å². The summed E-state index contributed by atoms with van der Waals surface area (Å²) in [6.07, 6.45) is 1.76. The quantitative estimate of drug-likeness (QED) is 0.778. The van der Waals surface area contributed by atoms with Gasteiger partial charge in [0.25, 0.3) is 0 Å². The molecular formula is C16H22O3. The first kappa shape index (κ1) is 14.1. The maximum Gasteiger partial charge on any atom is 0.340 e. The molecule has 0 saturated heterocycles. The zero-order valence-electron chi connectivity index (χ0n) is 12.1. The van der Waals surface area contributed by atoms with Crippen molar-refractivity contribution >= 4 is 5.97 Å². The second kappa shape index (κ2) is 5.33. The van der Waals surface area contributed by atoms with Gasteiger partial charge >= 0.3 is 5.97 Å². The summed E-state index contributed by atoms with van der Waals surface area (Å²) in [5.74, 6) is 0.263.